The maximum Gasteiger partial charge on any atom is 0.319 e. The molecule has 2 amide bonds. The summed E-state index contributed by atoms with van der Waals surface area (Å²) in [6.07, 6.45) is 4.03. The zero-order chi connectivity index (χ0) is 20.3. The van der Waals surface area contributed by atoms with Crippen LogP contribution < -0.4 is 20.1 Å². The molecule has 0 aliphatic heterocycles. The quantitative estimate of drug-likeness (QED) is 0.609. The molecule has 0 spiro atoms. The first kappa shape index (κ1) is 19.8. The number of benzene rings is 1. The summed E-state index contributed by atoms with van der Waals surface area (Å²) in [6.45, 7) is 6.19. The Labute approximate surface area is 169 Å². The first-order chi connectivity index (χ1) is 13.4. The van der Waals surface area contributed by atoms with Gasteiger partial charge < -0.3 is 24.7 Å². The van der Waals surface area contributed by atoms with E-state index in [1.807, 2.05) is 31.5 Å². The number of hydrogen-bond acceptors (Lipinski definition) is 4. The minimum absolute atomic E-state index is 0.161. The summed E-state index contributed by atoms with van der Waals surface area (Å²) in [7, 11) is 3.14. The van der Waals surface area contributed by atoms with E-state index in [0.717, 1.165) is 10.6 Å². The van der Waals surface area contributed by atoms with Crippen molar-refractivity contribution >= 4 is 23.1 Å². The number of methoxy groups -OCH3 is 2. The fourth-order valence-corrected chi connectivity index (χ4v) is 4.35. The van der Waals surface area contributed by atoms with Gasteiger partial charge in [-0.1, -0.05) is 0 Å². The molecule has 2 N–H and O–H groups in total. The molecule has 6 nitrogen and oxygen atoms in total. The molecule has 1 atom stereocenters. The van der Waals surface area contributed by atoms with Crippen molar-refractivity contribution in [3.8, 4) is 16.5 Å². The number of carbonyl (C=O) groups is 1. The van der Waals surface area contributed by atoms with Crippen molar-refractivity contribution in [2.75, 3.05) is 19.5 Å². The first-order valence-corrected chi connectivity index (χ1v) is 9.79. The van der Waals surface area contributed by atoms with Crippen molar-refractivity contribution in [1.82, 2.24) is 9.88 Å². The van der Waals surface area contributed by atoms with Crippen molar-refractivity contribution in [1.29, 1.82) is 0 Å². The number of thiophene rings is 1. The molecule has 0 saturated carbocycles. The predicted molar refractivity (Wildman–Crippen MR) is 113 cm³/mol. The van der Waals surface area contributed by atoms with Crippen molar-refractivity contribution in [2.45, 2.75) is 26.8 Å². The number of hydrogen-bond donors (Lipinski definition) is 2. The van der Waals surface area contributed by atoms with E-state index < -0.39 is 0 Å². The summed E-state index contributed by atoms with van der Waals surface area (Å²) in [5.41, 5.74) is 2.90. The maximum absolute atomic E-state index is 12.6. The molecule has 0 unspecified atom stereocenters. The van der Waals surface area contributed by atoms with Crippen molar-refractivity contribution in [2.24, 2.45) is 0 Å². The van der Waals surface area contributed by atoms with E-state index in [0.29, 0.717) is 17.2 Å². The number of urea groups is 1. The van der Waals surface area contributed by atoms with Gasteiger partial charge in [0.2, 0.25) is 0 Å². The summed E-state index contributed by atoms with van der Waals surface area (Å²) in [5.74, 6) is 1.20. The number of aryl methyl sites for hydroxylation is 1. The SMILES string of the molecule is COc1ccc(NC(=O)N[C@H](C)c2c(-n3cccc3)sc(C)c2C)c(OC)c1. The second kappa shape index (κ2) is 8.39. The third-order valence-corrected chi connectivity index (χ3v) is 5.93. The van der Waals surface area contributed by atoms with Crippen LogP contribution in [0.1, 0.15) is 29.0 Å². The van der Waals surface area contributed by atoms with Crippen LogP contribution in [-0.2, 0) is 0 Å². The molecule has 148 valence electrons. The van der Waals surface area contributed by atoms with Gasteiger partial charge in [-0.15, -0.1) is 11.3 Å². The Hall–Kier alpha value is -2.93. The van der Waals surface area contributed by atoms with E-state index in [1.165, 1.54) is 10.4 Å². The molecule has 3 rings (SSSR count). The topological polar surface area (TPSA) is 64.5 Å². The lowest BCUT2D eigenvalue weighted by molar-refractivity contribution is 0.249. The van der Waals surface area contributed by atoms with Crippen LogP contribution in [0.25, 0.3) is 5.00 Å². The van der Waals surface area contributed by atoms with Gasteiger partial charge in [0.05, 0.1) is 25.9 Å². The Bertz CT molecular complexity index is 964. The molecule has 1 aromatic carbocycles. The third kappa shape index (κ3) is 3.99. The minimum atomic E-state index is -0.294. The molecule has 0 aliphatic carbocycles. The highest BCUT2D eigenvalue weighted by atomic mass is 32.1. The van der Waals surface area contributed by atoms with Gasteiger partial charge in [-0.25, -0.2) is 4.79 Å². The van der Waals surface area contributed by atoms with Gasteiger partial charge in [0.1, 0.15) is 16.5 Å². The monoisotopic (exact) mass is 399 g/mol. The van der Waals surface area contributed by atoms with Crippen LogP contribution in [0.15, 0.2) is 42.7 Å². The normalized spacial score (nSPS) is 11.8. The number of rotatable bonds is 6. The van der Waals surface area contributed by atoms with Crippen molar-refractivity contribution in [3.63, 3.8) is 0 Å². The van der Waals surface area contributed by atoms with Gasteiger partial charge >= 0.3 is 6.03 Å². The highest BCUT2D eigenvalue weighted by Crippen LogP contribution is 2.35. The van der Waals surface area contributed by atoms with Gasteiger partial charge in [0, 0.05) is 28.9 Å². The van der Waals surface area contributed by atoms with E-state index >= 15 is 0 Å². The van der Waals surface area contributed by atoms with Gasteiger partial charge in [-0.3, -0.25) is 0 Å². The fourth-order valence-electron chi connectivity index (χ4n) is 3.13. The van der Waals surface area contributed by atoms with Gasteiger partial charge in [0.15, 0.2) is 0 Å². The van der Waals surface area contributed by atoms with Crippen LogP contribution in [0.4, 0.5) is 10.5 Å². The number of ether oxygens (including phenoxy) is 2. The zero-order valence-corrected chi connectivity index (χ0v) is 17.5. The number of carbonyl (C=O) groups excluding carboxylic acids is 1. The Morgan fingerprint density at radius 1 is 1.14 bits per heavy atom. The van der Waals surface area contributed by atoms with Gasteiger partial charge in [0.25, 0.3) is 0 Å². The number of aromatic nitrogens is 1. The Morgan fingerprint density at radius 3 is 2.50 bits per heavy atom. The molecule has 2 heterocycles. The van der Waals surface area contributed by atoms with Crippen LogP contribution in [0.2, 0.25) is 0 Å². The molecular formula is C21H25N3O3S. The Morgan fingerprint density at radius 2 is 1.86 bits per heavy atom. The van der Waals surface area contributed by atoms with Crippen molar-refractivity contribution < 1.29 is 14.3 Å². The summed E-state index contributed by atoms with van der Waals surface area (Å²) in [5, 5.41) is 7.02. The molecule has 0 aliphatic rings. The standard InChI is InChI=1S/C21H25N3O3S/c1-13-15(3)28-20(24-10-6-7-11-24)19(13)14(2)22-21(25)23-17-9-8-16(26-4)12-18(17)27-5/h6-12,14H,1-5H3,(H2,22,23,25)/t14-/m1/s1. The number of anilines is 1. The maximum atomic E-state index is 12.6. The summed E-state index contributed by atoms with van der Waals surface area (Å²) >= 11 is 1.73. The predicted octanol–water partition coefficient (Wildman–Crippen LogP) is 5.06. The van der Waals surface area contributed by atoms with Crippen LogP contribution in [0.3, 0.4) is 0 Å². The molecule has 28 heavy (non-hydrogen) atoms. The third-order valence-electron chi connectivity index (χ3n) is 4.69. The molecular weight excluding hydrogens is 374 g/mol. The largest absolute Gasteiger partial charge is 0.497 e. The zero-order valence-electron chi connectivity index (χ0n) is 16.7. The van der Waals surface area contributed by atoms with E-state index in [1.54, 1.807) is 43.8 Å². The van der Waals surface area contributed by atoms with Crippen LogP contribution in [0, 0.1) is 13.8 Å². The number of amides is 2. The summed E-state index contributed by atoms with van der Waals surface area (Å²) in [4.78, 5) is 13.9. The molecule has 2 aromatic heterocycles. The first-order valence-electron chi connectivity index (χ1n) is 8.97. The second-order valence-electron chi connectivity index (χ2n) is 6.48. The average Bonchev–Trinajstić information content (AvgIpc) is 3.30. The number of nitrogens with zero attached hydrogens (tertiary/aromatic N) is 1. The van der Waals surface area contributed by atoms with E-state index in [9.17, 15) is 4.79 Å². The fraction of sp³-hybridized carbons (Fsp3) is 0.286. The van der Waals surface area contributed by atoms with Crippen LogP contribution in [0.5, 0.6) is 11.5 Å². The average molecular weight is 400 g/mol. The van der Waals surface area contributed by atoms with E-state index in [4.69, 9.17) is 9.47 Å². The lowest BCUT2D eigenvalue weighted by Crippen LogP contribution is -2.31. The van der Waals surface area contributed by atoms with Crippen LogP contribution >= 0.6 is 11.3 Å². The molecule has 0 fully saturated rings. The molecule has 0 bridgehead atoms. The Balaban J connectivity index is 1.79. The highest BCUT2D eigenvalue weighted by molar-refractivity contribution is 7.14. The van der Waals surface area contributed by atoms with E-state index in [2.05, 4.69) is 29.0 Å². The summed E-state index contributed by atoms with van der Waals surface area (Å²) in [6, 6.07) is 8.80. The smallest absolute Gasteiger partial charge is 0.319 e. The highest BCUT2D eigenvalue weighted by Gasteiger charge is 2.21. The van der Waals surface area contributed by atoms with Crippen molar-refractivity contribution in [3.05, 3.63) is 58.7 Å². The van der Waals surface area contributed by atoms with E-state index in [-0.39, 0.29) is 12.1 Å². The van der Waals surface area contributed by atoms with Gasteiger partial charge in [-0.2, -0.15) is 0 Å². The number of nitrogens with one attached hydrogen (secondary N) is 2. The summed E-state index contributed by atoms with van der Waals surface area (Å²) < 4.78 is 12.6. The molecule has 7 heteroatoms. The molecule has 3 aromatic rings. The molecule has 0 saturated heterocycles. The second-order valence-corrected chi connectivity index (χ2v) is 7.68. The lowest BCUT2D eigenvalue weighted by atomic mass is 10.1. The van der Waals surface area contributed by atoms with Gasteiger partial charge in [-0.05, 0) is 50.6 Å². The Kier molecular flexibility index (Phi) is 5.94. The lowest BCUT2D eigenvalue weighted by Gasteiger charge is -2.18. The molecule has 0 radical (unpaired) electrons. The minimum Gasteiger partial charge on any atom is -0.497 e. The van der Waals surface area contributed by atoms with Crippen LogP contribution in [-0.4, -0.2) is 24.8 Å².